The van der Waals surface area contributed by atoms with Crippen LogP contribution < -0.4 is 4.90 Å². The Morgan fingerprint density at radius 3 is 2.96 bits per heavy atom. The number of fused-ring (bicyclic) bond motifs is 1. The molecule has 2 aromatic rings. The summed E-state index contributed by atoms with van der Waals surface area (Å²) in [4.78, 5) is 17.6. The summed E-state index contributed by atoms with van der Waals surface area (Å²) in [7, 11) is 1.83. The third-order valence-corrected chi connectivity index (χ3v) is 5.07. The van der Waals surface area contributed by atoms with Gasteiger partial charge in [-0.1, -0.05) is 12.1 Å². The molecule has 1 aliphatic heterocycles. The average molecular weight is 369 g/mol. The lowest BCUT2D eigenvalue weighted by molar-refractivity contribution is -0.904. The average Bonchev–Trinajstić information content (AvgIpc) is 3.00. The molecule has 2 heterocycles. The smallest absolute Gasteiger partial charge is 0.314 e. The number of aromatic nitrogens is 2. The number of esters is 1. The summed E-state index contributed by atoms with van der Waals surface area (Å²) in [5.74, 6) is 0.141. The molecule has 1 aromatic carbocycles. The molecule has 0 saturated carbocycles. The predicted octanol–water partition coefficient (Wildman–Crippen LogP) is 1.22. The number of nitrogens with zero attached hydrogens (tertiary/aromatic N) is 3. The normalized spacial score (nSPS) is 20.8. The van der Waals surface area contributed by atoms with Crippen LogP contribution in [0.25, 0.3) is 16.6 Å². The first-order valence-electron chi connectivity index (χ1n) is 9.29. The summed E-state index contributed by atoms with van der Waals surface area (Å²) in [5.41, 5.74) is 1.86. The SMILES string of the molecule is CCOC(=O)[C@H]1CCC[NH+](C/C(O)=C(\C#N)c2nc3ccccc3n2C)C1. The monoisotopic (exact) mass is 369 g/mol. The van der Waals surface area contributed by atoms with E-state index in [1.54, 1.807) is 6.92 Å². The van der Waals surface area contributed by atoms with Gasteiger partial charge in [0, 0.05) is 7.05 Å². The molecule has 0 spiro atoms. The lowest BCUT2D eigenvalue weighted by Gasteiger charge is -2.28. The van der Waals surface area contributed by atoms with E-state index in [0.717, 1.165) is 35.3 Å². The topological polar surface area (TPSA) is 92.6 Å². The number of carbonyl (C=O) groups excluding carboxylic acids is 1. The first-order chi connectivity index (χ1) is 13.0. The number of nitrogens with one attached hydrogen (secondary N) is 1. The zero-order chi connectivity index (χ0) is 19.4. The first kappa shape index (κ1) is 18.9. The summed E-state index contributed by atoms with van der Waals surface area (Å²) in [6.07, 6.45) is 1.70. The van der Waals surface area contributed by atoms with Gasteiger partial charge in [-0.15, -0.1) is 0 Å². The van der Waals surface area contributed by atoms with Crippen molar-refractivity contribution in [1.82, 2.24) is 9.55 Å². The van der Waals surface area contributed by atoms with E-state index in [1.807, 2.05) is 35.9 Å². The van der Waals surface area contributed by atoms with E-state index in [2.05, 4.69) is 11.1 Å². The highest BCUT2D eigenvalue weighted by molar-refractivity contribution is 5.83. The van der Waals surface area contributed by atoms with Crippen molar-refractivity contribution >= 4 is 22.6 Å². The van der Waals surface area contributed by atoms with Gasteiger partial charge in [0.05, 0.1) is 30.7 Å². The molecule has 1 aromatic heterocycles. The van der Waals surface area contributed by atoms with E-state index in [4.69, 9.17) is 4.74 Å². The second-order valence-corrected chi connectivity index (χ2v) is 6.89. The van der Waals surface area contributed by atoms with Crippen molar-refractivity contribution in [3.8, 4) is 6.07 Å². The van der Waals surface area contributed by atoms with Crippen molar-refractivity contribution in [2.24, 2.45) is 13.0 Å². The minimum Gasteiger partial charge on any atom is -0.506 e. The number of ether oxygens (including phenoxy) is 1. The number of piperidine rings is 1. The van der Waals surface area contributed by atoms with Crippen molar-refractivity contribution in [1.29, 1.82) is 5.26 Å². The number of aliphatic hydroxyl groups is 1. The van der Waals surface area contributed by atoms with Crippen molar-refractivity contribution in [3.63, 3.8) is 0 Å². The molecule has 1 fully saturated rings. The molecule has 0 radical (unpaired) electrons. The highest BCUT2D eigenvalue weighted by Crippen LogP contribution is 2.21. The molecule has 2 atom stereocenters. The Balaban J connectivity index is 1.82. The molecule has 0 aliphatic carbocycles. The number of carbonyl (C=O) groups is 1. The van der Waals surface area contributed by atoms with E-state index in [9.17, 15) is 15.2 Å². The van der Waals surface area contributed by atoms with Crippen molar-refractivity contribution in [2.75, 3.05) is 26.2 Å². The maximum Gasteiger partial charge on any atom is 0.314 e. The quantitative estimate of drug-likeness (QED) is 0.470. The van der Waals surface area contributed by atoms with Crippen LogP contribution in [0.2, 0.25) is 0 Å². The Bertz CT molecular complexity index is 910. The standard InChI is InChI=1S/C20H24N4O3/c1-3-27-20(26)14-7-6-10-24(12-14)13-18(25)15(11-21)19-22-16-8-4-5-9-17(16)23(19)2/h4-5,8-9,14,25H,3,6-7,10,12-13H2,1-2H3/p+1/b18-15-/t14-/m0/s1. The lowest BCUT2D eigenvalue weighted by Crippen LogP contribution is -3.14. The number of nitriles is 1. The van der Waals surface area contributed by atoms with Gasteiger partial charge in [0.2, 0.25) is 0 Å². The molecule has 7 heteroatoms. The lowest BCUT2D eigenvalue weighted by atomic mass is 9.98. The number of aryl methyl sites for hydroxylation is 1. The zero-order valence-corrected chi connectivity index (χ0v) is 15.7. The van der Waals surface area contributed by atoms with Crippen LogP contribution in [0.4, 0.5) is 0 Å². The minimum atomic E-state index is -0.172. The highest BCUT2D eigenvalue weighted by Gasteiger charge is 2.31. The number of hydrogen-bond acceptors (Lipinski definition) is 5. The Hall–Kier alpha value is -2.85. The number of aliphatic hydroxyl groups excluding tert-OH is 1. The molecule has 0 bridgehead atoms. The van der Waals surface area contributed by atoms with Crippen LogP contribution in [-0.4, -0.2) is 46.9 Å². The van der Waals surface area contributed by atoms with E-state index < -0.39 is 0 Å². The van der Waals surface area contributed by atoms with Gasteiger partial charge in [0.15, 0.2) is 11.6 Å². The van der Waals surface area contributed by atoms with Crippen molar-refractivity contribution in [3.05, 3.63) is 35.8 Å². The number of quaternary nitrogens is 1. The molecular weight excluding hydrogens is 344 g/mol. The van der Waals surface area contributed by atoms with Crippen LogP contribution in [0.1, 0.15) is 25.6 Å². The Morgan fingerprint density at radius 2 is 2.26 bits per heavy atom. The first-order valence-corrected chi connectivity index (χ1v) is 9.29. The number of likely N-dealkylation sites (tertiary alicyclic amines) is 1. The van der Waals surface area contributed by atoms with E-state index in [-0.39, 0.29) is 23.2 Å². The van der Waals surface area contributed by atoms with E-state index in [1.165, 1.54) is 0 Å². The summed E-state index contributed by atoms with van der Waals surface area (Å²) < 4.78 is 6.95. The maximum atomic E-state index is 12.0. The van der Waals surface area contributed by atoms with E-state index in [0.29, 0.717) is 25.5 Å². The van der Waals surface area contributed by atoms with Crippen molar-refractivity contribution in [2.45, 2.75) is 19.8 Å². The second-order valence-electron chi connectivity index (χ2n) is 6.89. The molecule has 1 saturated heterocycles. The Labute approximate surface area is 158 Å². The number of hydrogen-bond donors (Lipinski definition) is 2. The van der Waals surface area contributed by atoms with E-state index >= 15 is 0 Å². The Morgan fingerprint density at radius 1 is 1.48 bits per heavy atom. The van der Waals surface area contributed by atoms with Gasteiger partial charge in [-0.05, 0) is 31.9 Å². The fraction of sp³-hybridized carbons (Fsp3) is 0.450. The van der Waals surface area contributed by atoms with Gasteiger partial charge >= 0.3 is 5.97 Å². The zero-order valence-electron chi connectivity index (χ0n) is 15.7. The van der Waals surface area contributed by atoms with Gasteiger partial charge in [-0.3, -0.25) is 4.79 Å². The second kappa shape index (κ2) is 8.23. The molecule has 1 aliphatic rings. The summed E-state index contributed by atoms with van der Waals surface area (Å²) in [5, 5.41) is 20.3. The van der Waals surface area contributed by atoms with Crippen molar-refractivity contribution < 1.29 is 19.5 Å². The number of imidazole rings is 1. The number of allylic oxidation sites excluding steroid dienone is 1. The highest BCUT2D eigenvalue weighted by atomic mass is 16.5. The van der Waals surface area contributed by atoms with Crippen LogP contribution in [0.5, 0.6) is 0 Å². The fourth-order valence-corrected chi connectivity index (χ4v) is 3.71. The van der Waals surface area contributed by atoms with Gasteiger partial charge in [0.1, 0.15) is 24.1 Å². The maximum absolute atomic E-state index is 12.0. The summed E-state index contributed by atoms with van der Waals surface area (Å²) in [6, 6.07) is 9.72. The largest absolute Gasteiger partial charge is 0.506 e. The van der Waals surface area contributed by atoms with Crippen LogP contribution in [0.15, 0.2) is 30.0 Å². The third-order valence-electron chi connectivity index (χ3n) is 5.07. The number of benzene rings is 1. The summed E-state index contributed by atoms with van der Waals surface area (Å²) >= 11 is 0. The third kappa shape index (κ3) is 3.96. The van der Waals surface area contributed by atoms with Gasteiger partial charge in [-0.2, -0.15) is 5.26 Å². The molecule has 142 valence electrons. The molecule has 3 rings (SSSR count). The minimum absolute atomic E-state index is 0.00964. The van der Waals surface area contributed by atoms with Gasteiger partial charge in [0.25, 0.3) is 0 Å². The molecule has 2 N–H and O–H groups in total. The number of para-hydroxylation sites is 2. The van der Waals surface area contributed by atoms with Gasteiger partial charge in [-0.25, -0.2) is 4.98 Å². The number of rotatable bonds is 5. The molecule has 1 unspecified atom stereocenters. The molecule has 0 amide bonds. The van der Waals surface area contributed by atoms with Crippen LogP contribution >= 0.6 is 0 Å². The fourth-order valence-electron chi connectivity index (χ4n) is 3.71. The van der Waals surface area contributed by atoms with Gasteiger partial charge < -0.3 is 19.3 Å². The Kier molecular flexibility index (Phi) is 5.77. The van der Waals surface area contributed by atoms with Crippen LogP contribution in [0, 0.1) is 17.2 Å². The summed E-state index contributed by atoms with van der Waals surface area (Å²) in [6.45, 7) is 3.92. The molecule has 7 nitrogen and oxygen atoms in total. The predicted molar refractivity (Wildman–Crippen MR) is 101 cm³/mol. The van der Waals surface area contributed by atoms with Crippen LogP contribution in [-0.2, 0) is 16.6 Å². The molecule has 27 heavy (non-hydrogen) atoms. The molecular formula is C20H25N4O3+. The van der Waals surface area contributed by atoms with Crippen LogP contribution in [0.3, 0.4) is 0 Å².